The third kappa shape index (κ3) is 3.00. The maximum Gasteiger partial charge on any atom is 0.129 e. The quantitative estimate of drug-likeness (QED) is 0.748. The van der Waals surface area contributed by atoms with Gasteiger partial charge in [0, 0.05) is 18.2 Å². The molecule has 2 aromatic rings. The fourth-order valence-corrected chi connectivity index (χ4v) is 4.91. The molecule has 0 radical (unpaired) electrons. The summed E-state index contributed by atoms with van der Waals surface area (Å²) in [7, 11) is 0. The van der Waals surface area contributed by atoms with Crippen LogP contribution in [0.1, 0.15) is 44.1 Å². The van der Waals surface area contributed by atoms with Gasteiger partial charge < -0.3 is 15.4 Å². The Labute approximate surface area is 167 Å². The van der Waals surface area contributed by atoms with Crippen LogP contribution in [0.15, 0.2) is 47.5 Å². The molecule has 0 bridgehead atoms. The second-order valence-corrected chi connectivity index (χ2v) is 8.42. The van der Waals surface area contributed by atoms with Crippen LogP contribution in [0.5, 0.6) is 5.75 Å². The molecule has 2 N–H and O–H groups in total. The van der Waals surface area contributed by atoms with Gasteiger partial charge in [-0.15, -0.1) is 0 Å². The molecule has 4 nitrogen and oxygen atoms in total. The Hall–Kier alpha value is -2.33. The first-order chi connectivity index (χ1) is 13.8. The molecule has 0 unspecified atom stereocenters. The molecule has 2 aliphatic heterocycles. The molecule has 1 aliphatic carbocycles. The van der Waals surface area contributed by atoms with Crippen LogP contribution in [0.2, 0.25) is 0 Å². The van der Waals surface area contributed by atoms with E-state index in [0.29, 0.717) is 0 Å². The SMILES string of the molecule is NC1=Nc2cc(OCCCN3CCCC3)c(-c3ccccc3)cc2C12CCC2. The van der Waals surface area contributed by atoms with Crippen LogP contribution in [0, 0.1) is 0 Å². The molecule has 2 heterocycles. The largest absolute Gasteiger partial charge is 0.493 e. The van der Waals surface area contributed by atoms with Crippen LogP contribution in [0.3, 0.4) is 0 Å². The van der Waals surface area contributed by atoms with Crippen molar-refractivity contribution in [2.75, 3.05) is 26.2 Å². The molecule has 5 rings (SSSR count). The van der Waals surface area contributed by atoms with Crippen molar-refractivity contribution in [1.82, 2.24) is 4.90 Å². The first-order valence-electron chi connectivity index (χ1n) is 10.7. The van der Waals surface area contributed by atoms with Crippen molar-refractivity contribution < 1.29 is 4.74 Å². The van der Waals surface area contributed by atoms with Crippen molar-refractivity contribution in [3.05, 3.63) is 48.0 Å². The van der Waals surface area contributed by atoms with Gasteiger partial charge >= 0.3 is 0 Å². The van der Waals surface area contributed by atoms with E-state index in [1.54, 1.807) is 0 Å². The molecule has 3 aliphatic rings. The minimum absolute atomic E-state index is 0.0207. The van der Waals surface area contributed by atoms with E-state index < -0.39 is 0 Å². The summed E-state index contributed by atoms with van der Waals surface area (Å²) in [6, 6.07) is 15.0. The van der Waals surface area contributed by atoms with Crippen LogP contribution in [0.4, 0.5) is 5.69 Å². The number of rotatable bonds is 6. The predicted octanol–water partition coefficient (Wildman–Crippen LogP) is 4.64. The molecule has 28 heavy (non-hydrogen) atoms. The lowest BCUT2D eigenvalue weighted by atomic mass is 9.64. The topological polar surface area (TPSA) is 50.9 Å². The highest BCUT2D eigenvalue weighted by molar-refractivity contribution is 6.01. The highest BCUT2D eigenvalue weighted by atomic mass is 16.5. The molecule has 0 aromatic heterocycles. The summed E-state index contributed by atoms with van der Waals surface area (Å²) in [5.74, 6) is 1.72. The zero-order valence-corrected chi connectivity index (χ0v) is 16.5. The summed E-state index contributed by atoms with van der Waals surface area (Å²) in [6.45, 7) is 4.34. The highest BCUT2D eigenvalue weighted by Crippen LogP contribution is 2.53. The van der Waals surface area contributed by atoms with E-state index in [1.165, 1.54) is 43.5 Å². The first kappa shape index (κ1) is 17.7. The average Bonchev–Trinajstić information content (AvgIpc) is 3.29. The zero-order valence-electron chi connectivity index (χ0n) is 16.5. The number of nitrogens with two attached hydrogens (primary N) is 1. The number of likely N-dealkylation sites (tertiary alicyclic amines) is 1. The van der Waals surface area contributed by atoms with E-state index in [0.717, 1.165) is 55.3 Å². The second kappa shape index (κ2) is 7.25. The van der Waals surface area contributed by atoms with Crippen molar-refractivity contribution in [3.63, 3.8) is 0 Å². The lowest BCUT2D eigenvalue weighted by Crippen LogP contribution is -2.44. The van der Waals surface area contributed by atoms with E-state index in [-0.39, 0.29) is 5.41 Å². The maximum atomic E-state index is 6.36. The van der Waals surface area contributed by atoms with Gasteiger partial charge in [0.05, 0.1) is 17.7 Å². The molecular weight excluding hydrogens is 346 g/mol. The lowest BCUT2D eigenvalue weighted by Gasteiger charge is -2.39. The van der Waals surface area contributed by atoms with Gasteiger partial charge in [-0.3, -0.25) is 0 Å². The van der Waals surface area contributed by atoms with Gasteiger partial charge in [-0.2, -0.15) is 0 Å². The third-order valence-electron chi connectivity index (χ3n) is 6.71. The molecule has 2 fully saturated rings. The molecule has 146 valence electrons. The van der Waals surface area contributed by atoms with Crippen molar-refractivity contribution >= 4 is 11.5 Å². The molecule has 0 atom stereocenters. The molecule has 1 saturated carbocycles. The molecule has 1 spiro atoms. The minimum Gasteiger partial charge on any atom is -0.493 e. The third-order valence-corrected chi connectivity index (χ3v) is 6.71. The summed E-state index contributed by atoms with van der Waals surface area (Å²) in [5.41, 5.74) is 11.0. The van der Waals surface area contributed by atoms with Crippen LogP contribution >= 0.6 is 0 Å². The minimum atomic E-state index is -0.0207. The second-order valence-electron chi connectivity index (χ2n) is 8.42. The Morgan fingerprint density at radius 3 is 2.54 bits per heavy atom. The predicted molar refractivity (Wildman–Crippen MR) is 114 cm³/mol. The highest BCUT2D eigenvalue weighted by Gasteiger charge is 2.47. The van der Waals surface area contributed by atoms with Crippen LogP contribution in [-0.4, -0.2) is 37.0 Å². The molecule has 2 aromatic carbocycles. The number of hydrogen-bond acceptors (Lipinski definition) is 4. The Kier molecular flexibility index (Phi) is 4.59. The van der Waals surface area contributed by atoms with E-state index in [1.807, 2.05) is 0 Å². The number of ether oxygens (including phenoxy) is 1. The Bertz CT molecular complexity index is 880. The number of benzene rings is 2. The van der Waals surface area contributed by atoms with E-state index in [2.05, 4.69) is 47.4 Å². The summed E-state index contributed by atoms with van der Waals surface area (Å²) < 4.78 is 6.29. The number of hydrogen-bond donors (Lipinski definition) is 1. The van der Waals surface area contributed by atoms with Gasteiger partial charge in [-0.05, 0) is 62.4 Å². The van der Waals surface area contributed by atoms with Gasteiger partial charge in [0.1, 0.15) is 11.6 Å². The normalized spacial score (nSPS) is 20.1. The fourth-order valence-electron chi connectivity index (χ4n) is 4.91. The summed E-state index contributed by atoms with van der Waals surface area (Å²) in [6.07, 6.45) is 7.18. The van der Waals surface area contributed by atoms with Crippen LogP contribution in [-0.2, 0) is 5.41 Å². The van der Waals surface area contributed by atoms with Crippen LogP contribution < -0.4 is 10.5 Å². The van der Waals surface area contributed by atoms with Crippen LogP contribution in [0.25, 0.3) is 11.1 Å². The standard InChI is InChI=1S/C24H29N3O/c25-23-24(10-6-11-24)20-16-19(18-8-2-1-3-9-18)22(17-21(20)26-23)28-15-7-14-27-12-4-5-13-27/h1-3,8-9,16-17H,4-7,10-15H2,(H2,25,26). The average molecular weight is 376 g/mol. The van der Waals surface area contributed by atoms with Crippen molar-refractivity contribution in [1.29, 1.82) is 0 Å². The van der Waals surface area contributed by atoms with E-state index >= 15 is 0 Å². The van der Waals surface area contributed by atoms with Crippen molar-refractivity contribution in [2.24, 2.45) is 10.7 Å². The molecule has 4 heteroatoms. The summed E-state index contributed by atoms with van der Waals surface area (Å²) in [4.78, 5) is 7.26. The van der Waals surface area contributed by atoms with Gasteiger partial charge in [-0.1, -0.05) is 36.8 Å². The summed E-state index contributed by atoms with van der Waals surface area (Å²) >= 11 is 0. The Balaban J connectivity index is 1.41. The smallest absolute Gasteiger partial charge is 0.129 e. The molecule has 0 amide bonds. The monoisotopic (exact) mass is 375 g/mol. The Morgan fingerprint density at radius 1 is 1.04 bits per heavy atom. The number of amidine groups is 1. The zero-order chi connectivity index (χ0) is 19.0. The van der Waals surface area contributed by atoms with Gasteiger partial charge in [0.25, 0.3) is 0 Å². The van der Waals surface area contributed by atoms with E-state index in [4.69, 9.17) is 15.5 Å². The molecular formula is C24H29N3O. The number of nitrogens with zero attached hydrogens (tertiary/aromatic N) is 2. The summed E-state index contributed by atoms with van der Waals surface area (Å²) in [5, 5.41) is 0. The number of fused-ring (bicyclic) bond motifs is 2. The van der Waals surface area contributed by atoms with Gasteiger partial charge in [0.15, 0.2) is 0 Å². The maximum absolute atomic E-state index is 6.36. The van der Waals surface area contributed by atoms with E-state index in [9.17, 15) is 0 Å². The van der Waals surface area contributed by atoms with Crippen molar-refractivity contribution in [2.45, 2.75) is 43.9 Å². The Morgan fingerprint density at radius 2 is 1.82 bits per heavy atom. The lowest BCUT2D eigenvalue weighted by molar-refractivity contribution is 0.264. The van der Waals surface area contributed by atoms with Gasteiger partial charge in [-0.25, -0.2) is 4.99 Å². The fraction of sp³-hybridized carbons (Fsp3) is 0.458. The molecule has 1 saturated heterocycles. The number of aliphatic imine (C=N–C) groups is 1. The van der Waals surface area contributed by atoms with Crippen molar-refractivity contribution in [3.8, 4) is 16.9 Å². The van der Waals surface area contributed by atoms with Gasteiger partial charge in [0.2, 0.25) is 0 Å². The first-order valence-corrected chi connectivity index (χ1v) is 10.7.